The van der Waals surface area contributed by atoms with Crippen molar-refractivity contribution < 1.29 is 18.8 Å². The number of carbonyl (C=O) groups excluding carboxylic acids is 3. The van der Waals surface area contributed by atoms with Crippen molar-refractivity contribution in [3.05, 3.63) is 30.0 Å². The van der Waals surface area contributed by atoms with Gasteiger partial charge in [-0.3, -0.25) is 19.5 Å². The molecule has 0 aliphatic rings. The van der Waals surface area contributed by atoms with Gasteiger partial charge in [0, 0.05) is 19.4 Å². The number of thioether (sulfide) groups is 1. The van der Waals surface area contributed by atoms with Gasteiger partial charge in [-0.2, -0.15) is 0 Å². The molecule has 0 aliphatic heterocycles. The molecule has 2 heterocycles. The van der Waals surface area contributed by atoms with Crippen LogP contribution in [0.4, 0.5) is 4.79 Å². The van der Waals surface area contributed by atoms with E-state index < -0.39 is 23.1 Å². The SMILES string of the molecule is CCNC(=O)NC(=O)C(C)Sc1nnc(CCC(N)=O)n1Cc1ccco1. The molecule has 0 spiro atoms. The minimum atomic E-state index is -0.587. The van der Waals surface area contributed by atoms with Crippen molar-refractivity contribution in [3.8, 4) is 0 Å². The van der Waals surface area contributed by atoms with E-state index in [1.807, 2.05) is 0 Å². The van der Waals surface area contributed by atoms with Crippen LogP contribution in [-0.4, -0.2) is 44.4 Å². The molecule has 2 aromatic heterocycles. The summed E-state index contributed by atoms with van der Waals surface area (Å²) in [5, 5.41) is 12.9. The lowest BCUT2D eigenvalue weighted by Gasteiger charge is -2.12. The van der Waals surface area contributed by atoms with E-state index in [2.05, 4.69) is 20.8 Å². The average molecular weight is 394 g/mol. The molecular weight excluding hydrogens is 372 g/mol. The Labute approximate surface area is 160 Å². The molecule has 0 radical (unpaired) electrons. The number of aromatic nitrogens is 3. The number of nitrogens with one attached hydrogen (secondary N) is 2. The summed E-state index contributed by atoms with van der Waals surface area (Å²) in [6.07, 6.45) is 2.01. The van der Waals surface area contributed by atoms with Crippen LogP contribution in [0, 0.1) is 0 Å². The van der Waals surface area contributed by atoms with Crippen molar-refractivity contribution in [2.24, 2.45) is 5.73 Å². The number of hydrogen-bond acceptors (Lipinski definition) is 7. The Morgan fingerprint density at radius 3 is 2.78 bits per heavy atom. The van der Waals surface area contributed by atoms with E-state index in [-0.39, 0.29) is 6.42 Å². The number of rotatable bonds is 9. The fourth-order valence-corrected chi connectivity index (χ4v) is 3.04. The monoisotopic (exact) mass is 394 g/mol. The van der Waals surface area contributed by atoms with Crippen LogP contribution >= 0.6 is 11.8 Å². The van der Waals surface area contributed by atoms with Crippen molar-refractivity contribution in [3.63, 3.8) is 0 Å². The Morgan fingerprint density at radius 1 is 1.37 bits per heavy atom. The van der Waals surface area contributed by atoms with Crippen molar-refractivity contribution in [2.45, 2.75) is 43.6 Å². The van der Waals surface area contributed by atoms with E-state index in [0.29, 0.717) is 36.3 Å². The second kappa shape index (κ2) is 9.76. The first kappa shape index (κ1) is 20.5. The smallest absolute Gasteiger partial charge is 0.321 e. The van der Waals surface area contributed by atoms with Crippen LogP contribution in [0.15, 0.2) is 28.0 Å². The fraction of sp³-hybridized carbons (Fsp3) is 0.438. The van der Waals surface area contributed by atoms with Gasteiger partial charge in [0.05, 0.1) is 18.1 Å². The minimum absolute atomic E-state index is 0.133. The van der Waals surface area contributed by atoms with Crippen LogP contribution in [0.25, 0.3) is 0 Å². The summed E-state index contributed by atoms with van der Waals surface area (Å²) in [5.41, 5.74) is 5.21. The van der Waals surface area contributed by atoms with Crippen LogP contribution in [-0.2, 0) is 22.6 Å². The first-order valence-corrected chi connectivity index (χ1v) is 9.26. The molecule has 10 nitrogen and oxygen atoms in total. The largest absolute Gasteiger partial charge is 0.467 e. The number of primary amides is 1. The Hall–Kier alpha value is -2.82. The summed E-state index contributed by atoms with van der Waals surface area (Å²) < 4.78 is 7.13. The third kappa shape index (κ3) is 6.13. The molecule has 11 heteroatoms. The second-order valence-corrected chi connectivity index (χ2v) is 6.95. The summed E-state index contributed by atoms with van der Waals surface area (Å²) in [4.78, 5) is 34.7. The maximum atomic E-state index is 12.2. The Balaban J connectivity index is 2.13. The molecule has 146 valence electrons. The predicted octanol–water partition coefficient (Wildman–Crippen LogP) is 0.664. The predicted molar refractivity (Wildman–Crippen MR) is 97.9 cm³/mol. The van der Waals surface area contributed by atoms with Gasteiger partial charge >= 0.3 is 6.03 Å². The lowest BCUT2D eigenvalue weighted by molar-refractivity contribution is -0.119. The van der Waals surface area contributed by atoms with Gasteiger partial charge < -0.3 is 15.5 Å². The molecule has 0 saturated carbocycles. The van der Waals surface area contributed by atoms with Crippen LogP contribution in [0.5, 0.6) is 0 Å². The van der Waals surface area contributed by atoms with Gasteiger partial charge in [-0.15, -0.1) is 10.2 Å². The standard InChI is InChI=1S/C16H22N6O4S/c1-3-18-15(25)19-14(24)10(2)27-16-21-20-13(7-6-12(17)23)22(16)9-11-5-4-8-26-11/h4-5,8,10H,3,6-7,9H2,1-2H3,(H2,17,23)(H2,18,19,24,25). The van der Waals surface area contributed by atoms with Crippen molar-refractivity contribution in [2.75, 3.05) is 6.54 Å². The first-order valence-electron chi connectivity index (χ1n) is 8.38. The van der Waals surface area contributed by atoms with Gasteiger partial charge in [-0.25, -0.2) is 4.79 Å². The molecule has 1 atom stereocenters. The number of hydrogen-bond donors (Lipinski definition) is 3. The number of amides is 4. The number of nitrogens with zero attached hydrogens (tertiary/aromatic N) is 3. The molecule has 4 N–H and O–H groups in total. The molecule has 0 fully saturated rings. The Morgan fingerprint density at radius 2 is 2.15 bits per heavy atom. The molecule has 4 amide bonds. The van der Waals surface area contributed by atoms with Gasteiger partial charge in [0.2, 0.25) is 11.8 Å². The van der Waals surface area contributed by atoms with Gasteiger partial charge in [0.25, 0.3) is 0 Å². The summed E-state index contributed by atoms with van der Waals surface area (Å²) in [6, 6.07) is 3.02. The third-order valence-electron chi connectivity index (χ3n) is 3.51. The number of imide groups is 1. The molecule has 2 aromatic rings. The minimum Gasteiger partial charge on any atom is -0.467 e. The van der Waals surface area contributed by atoms with Crippen LogP contribution in [0.2, 0.25) is 0 Å². The van der Waals surface area contributed by atoms with E-state index in [9.17, 15) is 14.4 Å². The second-order valence-electron chi connectivity index (χ2n) is 5.64. The average Bonchev–Trinajstić information content (AvgIpc) is 3.24. The van der Waals surface area contributed by atoms with E-state index in [0.717, 1.165) is 11.8 Å². The molecule has 0 aromatic carbocycles. The van der Waals surface area contributed by atoms with Crippen molar-refractivity contribution in [1.29, 1.82) is 0 Å². The highest BCUT2D eigenvalue weighted by atomic mass is 32.2. The molecule has 0 saturated heterocycles. The highest BCUT2D eigenvalue weighted by molar-refractivity contribution is 8.00. The third-order valence-corrected chi connectivity index (χ3v) is 4.59. The van der Waals surface area contributed by atoms with E-state index in [1.165, 1.54) is 0 Å². The highest BCUT2D eigenvalue weighted by Gasteiger charge is 2.22. The lowest BCUT2D eigenvalue weighted by atomic mass is 10.3. The summed E-state index contributed by atoms with van der Waals surface area (Å²) in [7, 11) is 0. The summed E-state index contributed by atoms with van der Waals surface area (Å²) >= 11 is 1.15. The fourth-order valence-electron chi connectivity index (χ4n) is 2.17. The molecule has 0 aliphatic carbocycles. The molecule has 27 heavy (non-hydrogen) atoms. The zero-order valence-electron chi connectivity index (χ0n) is 15.1. The maximum Gasteiger partial charge on any atom is 0.321 e. The molecule has 0 bridgehead atoms. The zero-order valence-corrected chi connectivity index (χ0v) is 15.9. The van der Waals surface area contributed by atoms with Crippen molar-refractivity contribution >= 4 is 29.6 Å². The topological polar surface area (TPSA) is 145 Å². The number of nitrogens with two attached hydrogens (primary N) is 1. The summed E-state index contributed by atoms with van der Waals surface area (Å²) in [6.45, 7) is 4.18. The van der Waals surface area contributed by atoms with Gasteiger partial charge in [0.1, 0.15) is 11.6 Å². The van der Waals surface area contributed by atoms with E-state index in [1.54, 1.807) is 36.8 Å². The van der Waals surface area contributed by atoms with Gasteiger partial charge in [0.15, 0.2) is 5.16 Å². The van der Waals surface area contributed by atoms with Crippen molar-refractivity contribution in [1.82, 2.24) is 25.4 Å². The van der Waals surface area contributed by atoms with E-state index in [4.69, 9.17) is 10.2 Å². The molecular formula is C16H22N6O4S. The Kier molecular flexibility index (Phi) is 7.41. The number of carbonyl (C=O) groups is 3. The first-order chi connectivity index (χ1) is 12.9. The number of furan rings is 1. The molecule has 2 rings (SSSR count). The number of urea groups is 1. The Bertz CT molecular complexity index is 789. The van der Waals surface area contributed by atoms with Crippen LogP contribution in [0.3, 0.4) is 0 Å². The lowest BCUT2D eigenvalue weighted by Crippen LogP contribution is -2.42. The van der Waals surface area contributed by atoms with Crippen LogP contribution in [0.1, 0.15) is 31.9 Å². The zero-order chi connectivity index (χ0) is 19.8. The maximum absolute atomic E-state index is 12.2. The van der Waals surface area contributed by atoms with Gasteiger partial charge in [-0.05, 0) is 26.0 Å². The molecule has 1 unspecified atom stereocenters. The van der Waals surface area contributed by atoms with Crippen LogP contribution < -0.4 is 16.4 Å². The number of aryl methyl sites for hydroxylation is 1. The van der Waals surface area contributed by atoms with Gasteiger partial charge in [-0.1, -0.05) is 11.8 Å². The normalized spacial score (nSPS) is 11.8. The highest BCUT2D eigenvalue weighted by Crippen LogP contribution is 2.24. The van der Waals surface area contributed by atoms with E-state index >= 15 is 0 Å². The quantitative estimate of drug-likeness (QED) is 0.530. The summed E-state index contributed by atoms with van der Waals surface area (Å²) in [5.74, 6) is 0.351.